The first kappa shape index (κ1) is 25.4. The maximum Gasteiger partial charge on any atom is 0.274 e. The molecule has 1 unspecified atom stereocenters. The van der Waals surface area contributed by atoms with E-state index in [4.69, 9.17) is 16.7 Å². The van der Waals surface area contributed by atoms with Crippen LogP contribution in [0, 0.1) is 0 Å². The zero-order valence-corrected chi connectivity index (χ0v) is 21.5. The van der Waals surface area contributed by atoms with Gasteiger partial charge in [0.2, 0.25) is 5.91 Å². The van der Waals surface area contributed by atoms with E-state index in [-0.39, 0.29) is 17.5 Å². The molecule has 7 heteroatoms. The number of carbonyl (C=O) groups excluding carboxylic acids is 1. The lowest BCUT2D eigenvalue weighted by Gasteiger charge is -2.26. The Morgan fingerprint density at radius 3 is 2.57 bits per heavy atom. The van der Waals surface area contributed by atoms with Gasteiger partial charge in [-0.3, -0.25) is 14.5 Å². The summed E-state index contributed by atoms with van der Waals surface area (Å²) in [6, 6.07) is 15.7. The summed E-state index contributed by atoms with van der Waals surface area (Å²) >= 11 is 6.06. The van der Waals surface area contributed by atoms with Gasteiger partial charge in [0.15, 0.2) is 0 Å². The first-order chi connectivity index (χ1) is 17.0. The highest BCUT2D eigenvalue weighted by molar-refractivity contribution is 6.30. The van der Waals surface area contributed by atoms with Crippen molar-refractivity contribution in [3.63, 3.8) is 0 Å². The fourth-order valence-electron chi connectivity index (χ4n) is 5.08. The maximum atomic E-state index is 13.3. The van der Waals surface area contributed by atoms with Gasteiger partial charge in [-0.15, -0.1) is 0 Å². The van der Waals surface area contributed by atoms with Crippen LogP contribution in [0.4, 0.5) is 0 Å². The summed E-state index contributed by atoms with van der Waals surface area (Å²) in [6.45, 7) is 7.92. The second-order valence-electron chi connectivity index (χ2n) is 9.34. The van der Waals surface area contributed by atoms with Gasteiger partial charge in [0.1, 0.15) is 0 Å². The minimum Gasteiger partial charge on any atom is -0.343 e. The SMILES string of the molecule is CCCN(CC)C(=O)CCN1CCCC1Cn1nc(Cc2ccc(Cl)cc2)c2ccccc2c1=O. The quantitative estimate of drug-likeness (QED) is 0.408. The van der Waals surface area contributed by atoms with Crippen molar-refractivity contribution in [1.29, 1.82) is 0 Å². The Kier molecular flexibility index (Phi) is 8.58. The predicted molar refractivity (Wildman–Crippen MR) is 142 cm³/mol. The van der Waals surface area contributed by atoms with Crippen molar-refractivity contribution in [1.82, 2.24) is 19.6 Å². The van der Waals surface area contributed by atoms with E-state index in [0.29, 0.717) is 29.8 Å². The van der Waals surface area contributed by atoms with Gasteiger partial charge >= 0.3 is 0 Å². The van der Waals surface area contributed by atoms with Gasteiger partial charge in [-0.25, -0.2) is 4.68 Å². The van der Waals surface area contributed by atoms with Gasteiger partial charge in [0.05, 0.1) is 17.6 Å². The molecule has 1 aliphatic heterocycles. The standard InChI is InChI=1S/C28H35ClN4O2/c1-3-16-31(4-2)27(34)15-18-32-17-7-8-23(32)20-33-28(35)25-10-6-5-9-24(25)26(30-33)19-21-11-13-22(29)14-12-21/h5-6,9-14,23H,3-4,7-8,15-20H2,1-2H3. The van der Waals surface area contributed by atoms with E-state index in [9.17, 15) is 9.59 Å². The van der Waals surface area contributed by atoms with Crippen LogP contribution in [0.1, 0.15) is 50.8 Å². The third-order valence-electron chi connectivity index (χ3n) is 6.95. The molecule has 1 saturated heterocycles. The van der Waals surface area contributed by atoms with Crippen molar-refractivity contribution >= 4 is 28.3 Å². The summed E-state index contributed by atoms with van der Waals surface area (Å²) in [5.41, 5.74) is 1.94. The zero-order chi connectivity index (χ0) is 24.8. The van der Waals surface area contributed by atoms with E-state index in [1.54, 1.807) is 4.68 Å². The summed E-state index contributed by atoms with van der Waals surface area (Å²) in [6.07, 6.45) is 4.21. The fraction of sp³-hybridized carbons (Fsp3) is 0.464. The van der Waals surface area contributed by atoms with Gasteiger partial charge in [0.25, 0.3) is 5.56 Å². The molecule has 0 bridgehead atoms. The monoisotopic (exact) mass is 494 g/mol. The average Bonchev–Trinajstić information content (AvgIpc) is 3.32. The smallest absolute Gasteiger partial charge is 0.274 e. The first-order valence-electron chi connectivity index (χ1n) is 12.7. The highest BCUT2D eigenvalue weighted by atomic mass is 35.5. The molecule has 0 radical (unpaired) electrons. The lowest BCUT2D eigenvalue weighted by Crippen LogP contribution is -2.40. The first-order valence-corrected chi connectivity index (χ1v) is 13.1. The Labute approximate surface area is 212 Å². The number of carbonyl (C=O) groups is 1. The summed E-state index contributed by atoms with van der Waals surface area (Å²) in [5.74, 6) is 0.214. The molecule has 186 valence electrons. The third-order valence-corrected chi connectivity index (χ3v) is 7.20. The van der Waals surface area contributed by atoms with Crippen molar-refractivity contribution in [2.75, 3.05) is 26.2 Å². The Morgan fingerprint density at radius 1 is 1.11 bits per heavy atom. The summed E-state index contributed by atoms with van der Waals surface area (Å²) in [5, 5.41) is 7.14. The highest BCUT2D eigenvalue weighted by Gasteiger charge is 2.27. The predicted octanol–water partition coefficient (Wildman–Crippen LogP) is 4.75. The molecule has 1 aliphatic rings. The summed E-state index contributed by atoms with van der Waals surface area (Å²) < 4.78 is 1.65. The normalized spacial score (nSPS) is 16.1. The number of hydrogen-bond donors (Lipinski definition) is 0. The Balaban J connectivity index is 1.54. The second-order valence-corrected chi connectivity index (χ2v) is 9.77. The number of benzene rings is 2. The molecule has 2 aromatic carbocycles. The van der Waals surface area contributed by atoms with Crippen LogP contribution in [0.3, 0.4) is 0 Å². The van der Waals surface area contributed by atoms with E-state index in [0.717, 1.165) is 62.1 Å². The van der Waals surface area contributed by atoms with Gasteiger partial charge < -0.3 is 4.90 Å². The van der Waals surface area contributed by atoms with E-state index in [2.05, 4.69) is 11.8 Å². The van der Waals surface area contributed by atoms with Crippen LogP contribution in [0.25, 0.3) is 10.8 Å². The fourth-order valence-corrected chi connectivity index (χ4v) is 5.20. The number of likely N-dealkylation sites (tertiary alicyclic amines) is 1. The number of fused-ring (bicyclic) bond motifs is 1. The summed E-state index contributed by atoms with van der Waals surface area (Å²) in [7, 11) is 0. The van der Waals surface area contributed by atoms with Crippen LogP contribution in [-0.2, 0) is 17.8 Å². The van der Waals surface area contributed by atoms with Crippen molar-refractivity contribution in [3.8, 4) is 0 Å². The number of halogens is 1. The number of aromatic nitrogens is 2. The van der Waals surface area contributed by atoms with Gasteiger partial charge in [-0.05, 0) is 56.5 Å². The molecule has 0 N–H and O–H groups in total. The Morgan fingerprint density at radius 2 is 1.86 bits per heavy atom. The Hall–Kier alpha value is -2.70. The molecular formula is C28H35ClN4O2. The topological polar surface area (TPSA) is 58.4 Å². The van der Waals surface area contributed by atoms with Crippen LogP contribution in [0.15, 0.2) is 53.3 Å². The largest absolute Gasteiger partial charge is 0.343 e. The molecule has 1 atom stereocenters. The molecule has 35 heavy (non-hydrogen) atoms. The molecule has 4 rings (SSSR count). The third kappa shape index (κ3) is 6.11. The van der Waals surface area contributed by atoms with Crippen molar-refractivity contribution in [3.05, 3.63) is 75.2 Å². The lowest BCUT2D eigenvalue weighted by atomic mass is 10.0. The highest BCUT2D eigenvalue weighted by Crippen LogP contribution is 2.21. The molecule has 0 aliphatic carbocycles. The van der Waals surface area contributed by atoms with Crippen molar-refractivity contribution < 1.29 is 4.79 Å². The van der Waals surface area contributed by atoms with Crippen LogP contribution in [0.5, 0.6) is 0 Å². The Bertz CT molecular complexity index is 1210. The van der Waals surface area contributed by atoms with Crippen LogP contribution >= 0.6 is 11.6 Å². The minimum absolute atomic E-state index is 0.0523. The van der Waals surface area contributed by atoms with Crippen LogP contribution in [0.2, 0.25) is 5.02 Å². The van der Waals surface area contributed by atoms with Crippen molar-refractivity contribution in [2.45, 2.75) is 58.5 Å². The van der Waals surface area contributed by atoms with E-state index >= 15 is 0 Å². The second kappa shape index (κ2) is 11.8. The molecule has 3 aromatic rings. The summed E-state index contributed by atoms with van der Waals surface area (Å²) in [4.78, 5) is 30.3. The van der Waals surface area contributed by atoms with E-state index in [1.807, 2.05) is 60.4 Å². The number of rotatable bonds is 10. The molecule has 6 nitrogen and oxygen atoms in total. The molecule has 1 fully saturated rings. The van der Waals surface area contributed by atoms with Gasteiger partial charge in [0, 0.05) is 48.9 Å². The number of hydrogen-bond acceptors (Lipinski definition) is 4. The van der Waals surface area contributed by atoms with Crippen LogP contribution < -0.4 is 5.56 Å². The lowest BCUT2D eigenvalue weighted by molar-refractivity contribution is -0.131. The molecule has 0 spiro atoms. The molecule has 1 amide bonds. The number of amides is 1. The maximum absolute atomic E-state index is 13.3. The van der Waals surface area contributed by atoms with Crippen molar-refractivity contribution in [2.24, 2.45) is 0 Å². The molecule has 2 heterocycles. The molecular weight excluding hydrogens is 460 g/mol. The molecule has 1 aromatic heterocycles. The zero-order valence-electron chi connectivity index (χ0n) is 20.8. The van der Waals surface area contributed by atoms with Gasteiger partial charge in [-0.2, -0.15) is 5.10 Å². The van der Waals surface area contributed by atoms with E-state index in [1.165, 1.54) is 0 Å². The van der Waals surface area contributed by atoms with E-state index < -0.39 is 0 Å². The number of nitrogens with zero attached hydrogens (tertiary/aromatic N) is 4. The van der Waals surface area contributed by atoms with Crippen LogP contribution in [-0.4, -0.2) is 57.7 Å². The minimum atomic E-state index is -0.0523. The van der Waals surface area contributed by atoms with Gasteiger partial charge in [-0.1, -0.05) is 48.9 Å². The molecule has 0 saturated carbocycles. The average molecular weight is 495 g/mol.